The molecule has 3 rings (SSSR count). The van der Waals surface area contributed by atoms with Crippen LogP contribution in [0.4, 0.5) is 0 Å². The number of aryl methyl sites for hydroxylation is 1. The van der Waals surface area contributed by atoms with E-state index in [1.165, 1.54) is 0 Å². The van der Waals surface area contributed by atoms with E-state index in [1.807, 2.05) is 18.2 Å². The first-order chi connectivity index (χ1) is 10.2. The highest BCUT2D eigenvalue weighted by atomic mass is 16.6. The molecule has 0 unspecified atom stereocenters. The van der Waals surface area contributed by atoms with Crippen molar-refractivity contribution >= 4 is 11.5 Å². The highest BCUT2D eigenvalue weighted by molar-refractivity contribution is 6.28. The number of carbonyl (C=O) groups is 1. The highest BCUT2D eigenvalue weighted by Gasteiger charge is 2.32. The van der Waals surface area contributed by atoms with Gasteiger partial charge in [-0.15, -0.1) is 0 Å². The van der Waals surface area contributed by atoms with Gasteiger partial charge in [-0.1, -0.05) is 29.4 Å². The Morgan fingerprint density at radius 1 is 1.24 bits per heavy atom. The van der Waals surface area contributed by atoms with Crippen molar-refractivity contribution in [2.24, 2.45) is 12.2 Å². The Kier molecular flexibility index (Phi) is 3.53. The van der Waals surface area contributed by atoms with Gasteiger partial charge in [0.25, 0.3) is 0 Å². The van der Waals surface area contributed by atoms with Gasteiger partial charge in [-0.05, 0) is 0 Å². The van der Waals surface area contributed by atoms with Crippen LogP contribution >= 0.6 is 0 Å². The first-order valence-corrected chi connectivity index (χ1v) is 6.58. The summed E-state index contributed by atoms with van der Waals surface area (Å²) in [7, 11) is 3.39. The molecule has 1 aromatic heterocycles. The Morgan fingerprint density at radius 2 is 2.00 bits per heavy atom. The topological polar surface area (TPSA) is 65.7 Å². The molecule has 0 atom stereocenters. The Labute approximate surface area is 122 Å². The normalized spacial score (nSPS) is 15.0. The predicted octanol–water partition coefficient (Wildman–Crippen LogP) is 1.38. The number of hydrogen-bond acceptors (Lipinski definition) is 5. The lowest BCUT2D eigenvalue weighted by Crippen LogP contribution is -2.23. The maximum absolute atomic E-state index is 12.5. The average molecular weight is 285 g/mol. The molecule has 2 aromatic rings. The van der Waals surface area contributed by atoms with Crippen LogP contribution in [0.15, 0.2) is 35.7 Å². The van der Waals surface area contributed by atoms with Crippen molar-refractivity contribution in [3.8, 4) is 0 Å². The molecular weight excluding hydrogens is 270 g/mol. The molecule has 1 aliphatic rings. The number of carbonyl (C=O) groups excluding carboxylic acids is 1. The van der Waals surface area contributed by atoms with Crippen molar-refractivity contribution in [3.05, 3.63) is 53.1 Å². The second-order valence-corrected chi connectivity index (χ2v) is 4.69. The standard InChI is InChI=1S/C15H15N3O3/c1-18-9-16-13-12(17-21-8-7-20-2)10-5-3-4-6-11(10)15(19)14(13)18/h3-6,9H,7-8H2,1-2H3. The van der Waals surface area contributed by atoms with Crippen molar-refractivity contribution < 1.29 is 14.4 Å². The molecule has 0 bridgehead atoms. The summed E-state index contributed by atoms with van der Waals surface area (Å²) in [5.74, 6) is -0.0450. The SMILES string of the molecule is COCCON=C1c2ccccc2C(=O)c2c1ncn2C. The fourth-order valence-electron chi connectivity index (χ4n) is 2.34. The van der Waals surface area contributed by atoms with Crippen LogP contribution in [0.5, 0.6) is 0 Å². The lowest BCUT2D eigenvalue weighted by Gasteiger charge is -2.17. The molecule has 0 saturated carbocycles. The number of oxime groups is 1. The van der Waals surface area contributed by atoms with Gasteiger partial charge in [-0.25, -0.2) is 4.98 Å². The predicted molar refractivity (Wildman–Crippen MR) is 76.5 cm³/mol. The largest absolute Gasteiger partial charge is 0.393 e. The first-order valence-electron chi connectivity index (χ1n) is 6.58. The van der Waals surface area contributed by atoms with E-state index in [2.05, 4.69) is 10.1 Å². The maximum atomic E-state index is 12.5. The molecule has 0 amide bonds. The Morgan fingerprint density at radius 3 is 2.76 bits per heavy atom. The maximum Gasteiger partial charge on any atom is 0.212 e. The molecule has 6 nitrogen and oxygen atoms in total. The summed E-state index contributed by atoms with van der Waals surface area (Å²) in [4.78, 5) is 22.1. The highest BCUT2D eigenvalue weighted by Crippen LogP contribution is 2.26. The number of hydrogen-bond donors (Lipinski definition) is 0. The second-order valence-electron chi connectivity index (χ2n) is 4.69. The van der Waals surface area contributed by atoms with E-state index in [-0.39, 0.29) is 5.78 Å². The van der Waals surface area contributed by atoms with Crippen molar-refractivity contribution in [3.63, 3.8) is 0 Å². The third kappa shape index (κ3) is 2.23. The number of fused-ring (bicyclic) bond motifs is 2. The van der Waals surface area contributed by atoms with E-state index in [4.69, 9.17) is 9.57 Å². The van der Waals surface area contributed by atoms with Crippen LogP contribution in [0.25, 0.3) is 0 Å². The lowest BCUT2D eigenvalue weighted by atomic mass is 9.89. The monoisotopic (exact) mass is 285 g/mol. The number of methoxy groups -OCH3 is 1. The quantitative estimate of drug-likeness (QED) is 0.536. The average Bonchev–Trinajstić information content (AvgIpc) is 2.89. The zero-order chi connectivity index (χ0) is 14.8. The van der Waals surface area contributed by atoms with Gasteiger partial charge in [-0.3, -0.25) is 4.79 Å². The van der Waals surface area contributed by atoms with E-state index in [0.29, 0.717) is 35.9 Å². The third-order valence-corrected chi connectivity index (χ3v) is 3.34. The summed E-state index contributed by atoms with van der Waals surface area (Å²) in [6.45, 7) is 0.796. The number of aromatic nitrogens is 2. The van der Waals surface area contributed by atoms with Crippen molar-refractivity contribution in [1.29, 1.82) is 0 Å². The van der Waals surface area contributed by atoms with Gasteiger partial charge in [0.2, 0.25) is 5.78 Å². The molecule has 1 aliphatic carbocycles. The smallest absolute Gasteiger partial charge is 0.212 e. The molecule has 6 heteroatoms. The molecule has 108 valence electrons. The van der Waals surface area contributed by atoms with Gasteiger partial charge in [-0.2, -0.15) is 0 Å². The van der Waals surface area contributed by atoms with Crippen LogP contribution in [0.2, 0.25) is 0 Å². The number of nitrogens with zero attached hydrogens (tertiary/aromatic N) is 3. The van der Waals surface area contributed by atoms with Crippen molar-refractivity contribution in [2.45, 2.75) is 0 Å². The van der Waals surface area contributed by atoms with E-state index in [0.717, 1.165) is 5.56 Å². The summed E-state index contributed by atoms with van der Waals surface area (Å²) in [5, 5.41) is 4.16. The number of rotatable bonds is 4. The zero-order valence-corrected chi connectivity index (χ0v) is 11.9. The summed E-state index contributed by atoms with van der Waals surface area (Å²) >= 11 is 0. The lowest BCUT2D eigenvalue weighted by molar-refractivity contribution is 0.0752. The fourth-order valence-corrected chi connectivity index (χ4v) is 2.34. The number of ether oxygens (including phenoxy) is 1. The van der Waals surface area contributed by atoms with Crippen LogP contribution < -0.4 is 0 Å². The number of ketones is 1. The summed E-state index contributed by atoms with van der Waals surface area (Å²) < 4.78 is 6.63. The molecular formula is C15H15N3O3. The molecule has 0 aliphatic heterocycles. The van der Waals surface area contributed by atoms with Gasteiger partial charge >= 0.3 is 0 Å². The van der Waals surface area contributed by atoms with Crippen LogP contribution in [0.3, 0.4) is 0 Å². The summed E-state index contributed by atoms with van der Waals surface area (Å²) in [6, 6.07) is 7.34. The van der Waals surface area contributed by atoms with Crippen LogP contribution in [-0.2, 0) is 16.6 Å². The van der Waals surface area contributed by atoms with Crippen LogP contribution in [-0.4, -0.2) is 41.4 Å². The second kappa shape index (κ2) is 5.49. The molecule has 0 N–H and O–H groups in total. The third-order valence-electron chi connectivity index (χ3n) is 3.34. The summed E-state index contributed by atoms with van der Waals surface area (Å²) in [5.41, 5.74) is 3.02. The fraction of sp³-hybridized carbons (Fsp3) is 0.267. The Hall–Kier alpha value is -2.47. The molecule has 1 heterocycles. The van der Waals surface area contributed by atoms with Gasteiger partial charge in [0.05, 0.1) is 12.9 Å². The minimum absolute atomic E-state index is 0.0450. The van der Waals surface area contributed by atoms with Gasteiger partial charge in [0, 0.05) is 25.3 Å². The number of imidazole rings is 1. The molecule has 0 fully saturated rings. The molecule has 0 spiro atoms. The zero-order valence-electron chi connectivity index (χ0n) is 11.9. The van der Waals surface area contributed by atoms with Gasteiger partial charge in [0.15, 0.2) is 0 Å². The Bertz CT molecular complexity index is 719. The minimum atomic E-state index is -0.0450. The van der Waals surface area contributed by atoms with E-state index < -0.39 is 0 Å². The van der Waals surface area contributed by atoms with E-state index in [9.17, 15) is 4.79 Å². The molecule has 0 radical (unpaired) electrons. The first kappa shape index (κ1) is 13.5. The number of benzene rings is 1. The van der Waals surface area contributed by atoms with Crippen molar-refractivity contribution in [1.82, 2.24) is 9.55 Å². The molecule has 21 heavy (non-hydrogen) atoms. The minimum Gasteiger partial charge on any atom is -0.393 e. The van der Waals surface area contributed by atoms with Gasteiger partial charge < -0.3 is 14.1 Å². The van der Waals surface area contributed by atoms with Crippen LogP contribution in [0, 0.1) is 0 Å². The summed E-state index contributed by atoms with van der Waals surface area (Å²) in [6.07, 6.45) is 1.61. The van der Waals surface area contributed by atoms with E-state index >= 15 is 0 Å². The van der Waals surface area contributed by atoms with Crippen molar-refractivity contribution in [2.75, 3.05) is 20.3 Å². The van der Waals surface area contributed by atoms with Gasteiger partial charge in [0.1, 0.15) is 23.7 Å². The Balaban J connectivity index is 2.08. The van der Waals surface area contributed by atoms with E-state index in [1.54, 1.807) is 31.1 Å². The molecule has 0 saturated heterocycles. The van der Waals surface area contributed by atoms with Crippen LogP contribution in [0.1, 0.15) is 27.3 Å². The molecule has 1 aromatic carbocycles.